The summed E-state index contributed by atoms with van der Waals surface area (Å²) >= 11 is 0. The highest BCUT2D eigenvalue weighted by atomic mass is 16.6. The summed E-state index contributed by atoms with van der Waals surface area (Å²) in [5.41, 5.74) is 8.20. The van der Waals surface area contributed by atoms with Crippen molar-refractivity contribution in [2.75, 3.05) is 36.8 Å². The lowest BCUT2D eigenvalue weighted by molar-refractivity contribution is 0.0126. The predicted molar refractivity (Wildman–Crippen MR) is 161 cm³/mol. The standard InChI is InChI=1S/C30H37N9O4/c1-30(2,3)43-29(41)38-14-10-20(11-15-38)42-21-17-32-28(33-18-21)37-12-8-19(9-13-37)39-24-16-23(22-6-4-5-7-25(22)40)34-35-26(24)27(31)36-39/h4-7,16-20,40H,8-15H2,1-3H3,(H2,31,36). The number of ether oxygens (including phenoxy) is 2. The van der Waals surface area contributed by atoms with E-state index in [1.807, 2.05) is 37.6 Å². The molecule has 2 saturated heterocycles. The SMILES string of the molecule is CC(C)(C)OC(=O)N1CCC(Oc2cnc(N3CCC(n4nc(N)c5nnc(-c6ccccc6O)cc54)CC3)nc2)CC1. The van der Waals surface area contributed by atoms with Crippen LogP contribution in [0.25, 0.3) is 22.3 Å². The first kappa shape index (κ1) is 28.4. The summed E-state index contributed by atoms with van der Waals surface area (Å²) < 4.78 is 13.5. The van der Waals surface area contributed by atoms with E-state index in [-0.39, 0.29) is 24.0 Å². The molecule has 43 heavy (non-hydrogen) atoms. The van der Waals surface area contributed by atoms with E-state index in [9.17, 15) is 9.90 Å². The maximum absolute atomic E-state index is 12.3. The molecule has 6 rings (SSSR count). The minimum Gasteiger partial charge on any atom is -0.507 e. The molecule has 5 heterocycles. The van der Waals surface area contributed by atoms with Crippen molar-refractivity contribution in [1.29, 1.82) is 0 Å². The number of rotatable bonds is 5. The Morgan fingerprint density at radius 1 is 1.00 bits per heavy atom. The van der Waals surface area contributed by atoms with Crippen LogP contribution >= 0.6 is 0 Å². The first-order chi connectivity index (χ1) is 20.6. The number of carbonyl (C=O) groups is 1. The molecule has 4 aromatic rings. The van der Waals surface area contributed by atoms with Crippen LogP contribution in [0.1, 0.15) is 52.5 Å². The highest BCUT2D eigenvalue weighted by molar-refractivity contribution is 5.87. The second kappa shape index (κ2) is 11.5. The lowest BCUT2D eigenvalue weighted by Gasteiger charge is -2.33. The van der Waals surface area contributed by atoms with Gasteiger partial charge in [-0.05, 0) is 51.8 Å². The van der Waals surface area contributed by atoms with Crippen molar-refractivity contribution in [2.24, 2.45) is 0 Å². The van der Waals surface area contributed by atoms with Crippen molar-refractivity contribution < 1.29 is 19.4 Å². The number of hydrogen-bond acceptors (Lipinski definition) is 11. The van der Waals surface area contributed by atoms with Crippen molar-refractivity contribution in [3.8, 4) is 22.8 Å². The summed E-state index contributed by atoms with van der Waals surface area (Å²) in [5.74, 6) is 1.75. The molecule has 1 amide bonds. The average molecular weight is 588 g/mol. The fourth-order valence-electron chi connectivity index (χ4n) is 5.58. The average Bonchev–Trinajstić information content (AvgIpc) is 3.33. The van der Waals surface area contributed by atoms with Gasteiger partial charge >= 0.3 is 6.09 Å². The van der Waals surface area contributed by atoms with Gasteiger partial charge in [-0.1, -0.05) is 12.1 Å². The Morgan fingerprint density at radius 3 is 2.37 bits per heavy atom. The number of nitrogen functional groups attached to an aromatic ring is 1. The van der Waals surface area contributed by atoms with Crippen LogP contribution in [0.15, 0.2) is 42.7 Å². The van der Waals surface area contributed by atoms with Crippen LogP contribution in [0.4, 0.5) is 16.6 Å². The number of phenolic OH excluding ortho intramolecular Hbond substituents is 1. The first-order valence-corrected chi connectivity index (χ1v) is 14.7. The van der Waals surface area contributed by atoms with Gasteiger partial charge in [-0.15, -0.1) is 10.2 Å². The van der Waals surface area contributed by atoms with Crippen molar-refractivity contribution in [2.45, 2.75) is 64.2 Å². The molecule has 2 aliphatic rings. The third kappa shape index (κ3) is 6.25. The Hall–Kier alpha value is -4.68. The van der Waals surface area contributed by atoms with Gasteiger partial charge in [-0.3, -0.25) is 4.68 Å². The Kier molecular flexibility index (Phi) is 7.63. The number of likely N-dealkylation sites (tertiary alicyclic amines) is 1. The van der Waals surface area contributed by atoms with E-state index in [4.69, 9.17) is 15.2 Å². The molecule has 0 saturated carbocycles. The zero-order chi connectivity index (χ0) is 30.1. The number of para-hydroxylation sites is 1. The molecule has 13 heteroatoms. The number of amides is 1. The van der Waals surface area contributed by atoms with Crippen LogP contribution in [-0.2, 0) is 4.74 Å². The highest BCUT2D eigenvalue weighted by Gasteiger charge is 2.29. The number of phenols is 1. The highest BCUT2D eigenvalue weighted by Crippen LogP contribution is 2.33. The summed E-state index contributed by atoms with van der Waals surface area (Å²) in [7, 11) is 0. The van der Waals surface area contributed by atoms with Crippen LogP contribution in [0.5, 0.6) is 11.5 Å². The number of hydrogen-bond donors (Lipinski definition) is 2. The van der Waals surface area contributed by atoms with Crippen molar-refractivity contribution in [3.05, 3.63) is 42.7 Å². The number of aromatic hydroxyl groups is 1. The molecule has 3 N–H and O–H groups in total. The van der Waals surface area contributed by atoms with Gasteiger partial charge < -0.3 is 30.1 Å². The largest absolute Gasteiger partial charge is 0.507 e. The number of nitrogens with zero attached hydrogens (tertiary/aromatic N) is 8. The number of aromatic nitrogens is 6. The van der Waals surface area contributed by atoms with E-state index < -0.39 is 5.60 Å². The molecular formula is C30H37N9O4. The fourth-order valence-corrected chi connectivity index (χ4v) is 5.58. The van der Waals surface area contributed by atoms with Gasteiger partial charge in [-0.25, -0.2) is 14.8 Å². The monoisotopic (exact) mass is 587 g/mol. The normalized spacial score (nSPS) is 16.9. The maximum atomic E-state index is 12.3. The number of benzene rings is 1. The van der Waals surface area contributed by atoms with Crippen molar-refractivity contribution in [3.63, 3.8) is 0 Å². The van der Waals surface area contributed by atoms with Gasteiger partial charge in [0.2, 0.25) is 5.95 Å². The second-order valence-corrected chi connectivity index (χ2v) is 12.0. The molecule has 0 atom stereocenters. The summed E-state index contributed by atoms with van der Waals surface area (Å²) in [5, 5.41) is 23.5. The molecule has 0 spiro atoms. The molecule has 0 radical (unpaired) electrons. The molecule has 1 aromatic carbocycles. The number of piperidine rings is 2. The number of nitrogens with two attached hydrogens (primary N) is 1. The summed E-state index contributed by atoms with van der Waals surface area (Å²) in [6.07, 6.45) is 6.24. The molecule has 226 valence electrons. The Bertz CT molecular complexity index is 1590. The van der Waals surface area contributed by atoms with Gasteiger partial charge in [-0.2, -0.15) is 5.10 Å². The van der Waals surface area contributed by atoms with E-state index in [0.717, 1.165) is 44.3 Å². The molecule has 13 nitrogen and oxygen atoms in total. The lowest BCUT2D eigenvalue weighted by Crippen LogP contribution is -2.44. The minimum absolute atomic E-state index is 0.00345. The Morgan fingerprint density at radius 2 is 1.70 bits per heavy atom. The maximum Gasteiger partial charge on any atom is 0.410 e. The number of anilines is 2. The first-order valence-electron chi connectivity index (χ1n) is 14.7. The third-order valence-electron chi connectivity index (χ3n) is 7.76. The van der Waals surface area contributed by atoms with Crippen LogP contribution in [0.3, 0.4) is 0 Å². The molecule has 0 bridgehead atoms. The van der Waals surface area contributed by atoms with Gasteiger partial charge in [0.1, 0.15) is 17.5 Å². The quantitative estimate of drug-likeness (QED) is 0.345. The van der Waals surface area contributed by atoms with Gasteiger partial charge in [0.15, 0.2) is 17.1 Å². The molecule has 0 aliphatic carbocycles. The topological polar surface area (TPSA) is 158 Å². The molecule has 0 unspecified atom stereocenters. The smallest absolute Gasteiger partial charge is 0.410 e. The summed E-state index contributed by atoms with van der Waals surface area (Å²) in [6.45, 7) is 8.29. The number of carbonyl (C=O) groups excluding carboxylic acids is 1. The van der Waals surface area contributed by atoms with Crippen LogP contribution in [-0.4, -0.2) is 83.9 Å². The van der Waals surface area contributed by atoms with Gasteiger partial charge in [0.05, 0.1) is 29.6 Å². The zero-order valence-electron chi connectivity index (χ0n) is 24.7. The number of fused-ring (bicyclic) bond motifs is 1. The van der Waals surface area contributed by atoms with Gasteiger partial charge in [0.25, 0.3) is 0 Å². The van der Waals surface area contributed by atoms with E-state index in [2.05, 4.69) is 30.2 Å². The molecule has 2 aliphatic heterocycles. The minimum atomic E-state index is -0.506. The van der Waals surface area contributed by atoms with Crippen LogP contribution < -0.4 is 15.4 Å². The fraction of sp³-hybridized carbons (Fsp3) is 0.467. The predicted octanol–water partition coefficient (Wildman–Crippen LogP) is 4.19. The summed E-state index contributed by atoms with van der Waals surface area (Å²) in [4.78, 5) is 25.4. The molecule has 3 aromatic heterocycles. The Balaban J connectivity index is 1.05. The van der Waals surface area contributed by atoms with Crippen LogP contribution in [0.2, 0.25) is 0 Å². The van der Waals surface area contributed by atoms with E-state index >= 15 is 0 Å². The zero-order valence-corrected chi connectivity index (χ0v) is 24.7. The van der Waals surface area contributed by atoms with Crippen molar-refractivity contribution >= 4 is 28.9 Å². The molecule has 2 fully saturated rings. The van der Waals surface area contributed by atoms with E-state index in [0.29, 0.717) is 47.4 Å². The van der Waals surface area contributed by atoms with E-state index in [1.54, 1.807) is 35.5 Å². The third-order valence-corrected chi connectivity index (χ3v) is 7.76. The van der Waals surface area contributed by atoms with Crippen LogP contribution in [0, 0.1) is 0 Å². The second-order valence-electron chi connectivity index (χ2n) is 12.0. The van der Waals surface area contributed by atoms with E-state index in [1.165, 1.54) is 0 Å². The van der Waals surface area contributed by atoms with Crippen molar-refractivity contribution in [1.82, 2.24) is 34.8 Å². The molecular weight excluding hydrogens is 550 g/mol. The lowest BCUT2D eigenvalue weighted by atomic mass is 10.1. The Labute approximate surface area is 249 Å². The van der Waals surface area contributed by atoms with Gasteiger partial charge in [0, 0.05) is 44.6 Å². The summed E-state index contributed by atoms with van der Waals surface area (Å²) in [6, 6.07) is 9.05.